The SMILES string of the molecule is COCC(C(C)C)n1c(N)nc2c(F)cccc21. The summed E-state index contributed by atoms with van der Waals surface area (Å²) < 4.78 is 20.7. The van der Waals surface area contributed by atoms with Gasteiger partial charge in [-0.1, -0.05) is 19.9 Å². The number of methoxy groups -OCH3 is 1. The van der Waals surface area contributed by atoms with Crippen molar-refractivity contribution in [3.63, 3.8) is 0 Å². The predicted octanol–water partition coefficient (Wildman–Crippen LogP) is 2.60. The molecule has 0 saturated heterocycles. The Morgan fingerprint density at radius 3 is 2.78 bits per heavy atom. The molecule has 1 heterocycles. The van der Waals surface area contributed by atoms with Crippen LogP contribution in [0.5, 0.6) is 0 Å². The van der Waals surface area contributed by atoms with Gasteiger partial charge in [-0.3, -0.25) is 0 Å². The number of halogens is 1. The maximum absolute atomic E-state index is 13.7. The van der Waals surface area contributed by atoms with Crippen LogP contribution in [0.1, 0.15) is 19.9 Å². The van der Waals surface area contributed by atoms with Crippen LogP contribution in [-0.2, 0) is 4.74 Å². The Morgan fingerprint density at radius 1 is 1.44 bits per heavy atom. The number of imidazole rings is 1. The number of hydrogen-bond acceptors (Lipinski definition) is 3. The monoisotopic (exact) mass is 251 g/mol. The minimum atomic E-state index is -0.349. The quantitative estimate of drug-likeness (QED) is 0.908. The van der Waals surface area contributed by atoms with E-state index in [0.29, 0.717) is 29.5 Å². The molecular formula is C13H18FN3O. The molecule has 2 N–H and O–H groups in total. The molecule has 1 unspecified atom stereocenters. The number of aromatic nitrogens is 2. The highest BCUT2D eigenvalue weighted by Gasteiger charge is 2.21. The largest absolute Gasteiger partial charge is 0.383 e. The molecule has 1 aromatic heterocycles. The maximum Gasteiger partial charge on any atom is 0.201 e. The lowest BCUT2D eigenvalue weighted by atomic mass is 10.0. The molecule has 0 aliphatic carbocycles. The van der Waals surface area contributed by atoms with E-state index in [1.54, 1.807) is 13.2 Å². The predicted molar refractivity (Wildman–Crippen MR) is 69.9 cm³/mol. The van der Waals surface area contributed by atoms with Crippen LogP contribution in [0.3, 0.4) is 0 Å². The maximum atomic E-state index is 13.7. The molecule has 0 saturated carbocycles. The van der Waals surface area contributed by atoms with Gasteiger partial charge in [-0.05, 0) is 18.1 Å². The zero-order chi connectivity index (χ0) is 13.3. The number of benzene rings is 1. The lowest BCUT2D eigenvalue weighted by Gasteiger charge is -2.23. The molecule has 0 aliphatic rings. The van der Waals surface area contributed by atoms with Crippen molar-refractivity contribution in [2.24, 2.45) is 5.92 Å². The molecule has 0 bridgehead atoms. The fourth-order valence-corrected chi connectivity index (χ4v) is 2.19. The van der Waals surface area contributed by atoms with E-state index in [1.807, 2.05) is 10.6 Å². The normalized spacial score (nSPS) is 13.4. The van der Waals surface area contributed by atoms with Crippen LogP contribution in [0.4, 0.5) is 10.3 Å². The second-order valence-corrected chi connectivity index (χ2v) is 4.71. The smallest absolute Gasteiger partial charge is 0.201 e. The standard InChI is InChI=1S/C13H18FN3O/c1-8(2)11(7-18-3)17-10-6-4-5-9(14)12(10)16-13(17)15/h4-6,8,11H,7H2,1-3H3,(H2,15,16). The van der Waals surface area contributed by atoms with Crippen LogP contribution >= 0.6 is 0 Å². The zero-order valence-corrected chi connectivity index (χ0v) is 10.9. The molecule has 0 fully saturated rings. The Kier molecular flexibility index (Phi) is 3.52. The third kappa shape index (κ3) is 2.06. The van der Waals surface area contributed by atoms with Gasteiger partial charge in [-0.2, -0.15) is 0 Å². The molecule has 0 amide bonds. The van der Waals surface area contributed by atoms with Gasteiger partial charge in [0, 0.05) is 7.11 Å². The van der Waals surface area contributed by atoms with E-state index in [2.05, 4.69) is 18.8 Å². The van der Waals surface area contributed by atoms with Crippen molar-refractivity contribution in [3.05, 3.63) is 24.0 Å². The first-order chi connectivity index (χ1) is 8.56. The summed E-state index contributed by atoms with van der Waals surface area (Å²) in [6, 6.07) is 4.92. The molecular weight excluding hydrogens is 233 g/mol. The first kappa shape index (κ1) is 12.8. The van der Waals surface area contributed by atoms with Crippen LogP contribution < -0.4 is 5.73 Å². The van der Waals surface area contributed by atoms with Crippen molar-refractivity contribution < 1.29 is 9.13 Å². The number of nitrogens with zero attached hydrogens (tertiary/aromatic N) is 2. The van der Waals surface area contributed by atoms with E-state index in [9.17, 15) is 4.39 Å². The fourth-order valence-electron chi connectivity index (χ4n) is 2.19. The van der Waals surface area contributed by atoms with Gasteiger partial charge in [0.2, 0.25) is 5.95 Å². The average molecular weight is 251 g/mol. The second kappa shape index (κ2) is 4.94. The summed E-state index contributed by atoms with van der Waals surface area (Å²) in [6.45, 7) is 4.67. The Bertz CT molecular complexity index is 550. The lowest BCUT2D eigenvalue weighted by molar-refractivity contribution is 0.136. The van der Waals surface area contributed by atoms with E-state index < -0.39 is 0 Å². The minimum absolute atomic E-state index is 0.0433. The number of fused-ring (bicyclic) bond motifs is 1. The van der Waals surface area contributed by atoms with E-state index >= 15 is 0 Å². The topological polar surface area (TPSA) is 53.1 Å². The van der Waals surface area contributed by atoms with Crippen LogP contribution in [0, 0.1) is 11.7 Å². The summed E-state index contributed by atoms with van der Waals surface area (Å²) in [7, 11) is 1.64. The summed E-state index contributed by atoms with van der Waals surface area (Å²) in [6.07, 6.45) is 0. The number of anilines is 1. The van der Waals surface area contributed by atoms with Gasteiger partial charge in [0.1, 0.15) is 5.52 Å². The van der Waals surface area contributed by atoms with Crippen molar-refractivity contribution in [2.45, 2.75) is 19.9 Å². The van der Waals surface area contributed by atoms with Crippen LogP contribution in [0.15, 0.2) is 18.2 Å². The summed E-state index contributed by atoms with van der Waals surface area (Å²) in [5.41, 5.74) is 6.95. The molecule has 2 aromatic rings. The van der Waals surface area contributed by atoms with Crippen molar-refractivity contribution in [1.29, 1.82) is 0 Å². The average Bonchev–Trinajstić information content (AvgIpc) is 2.64. The summed E-state index contributed by atoms with van der Waals surface area (Å²) in [5, 5.41) is 0. The number of nitrogen functional groups attached to an aromatic ring is 1. The summed E-state index contributed by atoms with van der Waals surface area (Å²) in [5.74, 6) is 0.289. The second-order valence-electron chi connectivity index (χ2n) is 4.71. The van der Waals surface area contributed by atoms with Gasteiger partial charge >= 0.3 is 0 Å². The van der Waals surface area contributed by atoms with Crippen LogP contribution in [0.25, 0.3) is 11.0 Å². The molecule has 1 aromatic carbocycles. The third-order valence-corrected chi connectivity index (χ3v) is 3.14. The first-order valence-corrected chi connectivity index (χ1v) is 5.97. The Labute approximate surface area is 106 Å². The molecule has 0 aliphatic heterocycles. The Morgan fingerprint density at radius 2 is 2.17 bits per heavy atom. The van der Waals surface area contributed by atoms with Crippen molar-refractivity contribution in [1.82, 2.24) is 9.55 Å². The summed E-state index contributed by atoms with van der Waals surface area (Å²) in [4.78, 5) is 4.11. The van der Waals surface area contributed by atoms with Crippen molar-refractivity contribution >= 4 is 17.0 Å². The molecule has 0 radical (unpaired) electrons. The molecule has 5 heteroatoms. The van der Waals surface area contributed by atoms with E-state index in [1.165, 1.54) is 6.07 Å². The molecule has 2 rings (SSSR count). The van der Waals surface area contributed by atoms with Gasteiger partial charge in [0.15, 0.2) is 5.82 Å². The van der Waals surface area contributed by atoms with E-state index in [0.717, 1.165) is 0 Å². The third-order valence-electron chi connectivity index (χ3n) is 3.14. The van der Waals surface area contributed by atoms with Gasteiger partial charge in [-0.15, -0.1) is 0 Å². The fraction of sp³-hybridized carbons (Fsp3) is 0.462. The van der Waals surface area contributed by atoms with Gasteiger partial charge in [0.25, 0.3) is 0 Å². The van der Waals surface area contributed by atoms with Crippen LogP contribution in [-0.4, -0.2) is 23.3 Å². The number of rotatable bonds is 4. The highest BCUT2D eigenvalue weighted by atomic mass is 19.1. The van der Waals surface area contributed by atoms with Crippen molar-refractivity contribution in [2.75, 3.05) is 19.5 Å². The van der Waals surface area contributed by atoms with Crippen LogP contribution in [0.2, 0.25) is 0 Å². The Hall–Kier alpha value is -1.62. The summed E-state index contributed by atoms with van der Waals surface area (Å²) >= 11 is 0. The minimum Gasteiger partial charge on any atom is -0.383 e. The number of para-hydroxylation sites is 1. The molecule has 1 atom stereocenters. The number of ether oxygens (including phenoxy) is 1. The molecule has 98 valence electrons. The number of nitrogens with two attached hydrogens (primary N) is 1. The van der Waals surface area contributed by atoms with E-state index in [-0.39, 0.29) is 11.9 Å². The van der Waals surface area contributed by atoms with E-state index in [4.69, 9.17) is 10.5 Å². The first-order valence-electron chi connectivity index (χ1n) is 5.97. The van der Waals surface area contributed by atoms with Gasteiger partial charge in [-0.25, -0.2) is 9.37 Å². The molecule has 4 nitrogen and oxygen atoms in total. The van der Waals surface area contributed by atoms with Crippen molar-refractivity contribution in [3.8, 4) is 0 Å². The highest BCUT2D eigenvalue weighted by Crippen LogP contribution is 2.28. The zero-order valence-electron chi connectivity index (χ0n) is 10.9. The molecule has 18 heavy (non-hydrogen) atoms. The lowest BCUT2D eigenvalue weighted by Crippen LogP contribution is -2.21. The Balaban J connectivity index is 2.62. The van der Waals surface area contributed by atoms with Gasteiger partial charge < -0.3 is 15.0 Å². The molecule has 0 spiro atoms. The number of hydrogen-bond donors (Lipinski definition) is 1. The highest BCUT2D eigenvalue weighted by molar-refractivity contribution is 5.79. The van der Waals surface area contributed by atoms with Gasteiger partial charge in [0.05, 0.1) is 18.2 Å².